The molecule has 50 valence electrons. The highest BCUT2D eigenvalue weighted by molar-refractivity contribution is 4.34. The summed E-state index contributed by atoms with van der Waals surface area (Å²) >= 11 is 0. The fourth-order valence-electron chi connectivity index (χ4n) is 0.360. The second-order valence-electron chi connectivity index (χ2n) is 1.43. The maximum absolute atomic E-state index is 7.87. The zero-order valence-electron chi connectivity index (χ0n) is 4.70. The highest BCUT2D eigenvalue weighted by Gasteiger charge is 2.04. The molecule has 0 amide bonds. The van der Waals surface area contributed by atoms with Crippen LogP contribution in [0.15, 0.2) is 0 Å². The van der Waals surface area contributed by atoms with Gasteiger partial charge in [0, 0.05) is 6.42 Å². The third-order valence-corrected chi connectivity index (χ3v) is 0.760. The van der Waals surface area contributed by atoms with Crippen LogP contribution in [-0.2, 0) is 9.78 Å². The van der Waals surface area contributed by atoms with E-state index in [1.54, 1.807) is 0 Å². The molecule has 0 aromatic heterocycles. The van der Waals surface area contributed by atoms with Crippen molar-refractivity contribution < 1.29 is 20.3 Å². The van der Waals surface area contributed by atoms with E-state index in [4.69, 9.17) is 10.5 Å². The monoisotopic (exact) mass is 122 g/mol. The van der Waals surface area contributed by atoms with Gasteiger partial charge < -0.3 is 0 Å². The van der Waals surface area contributed by atoms with Crippen LogP contribution >= 0.6 is 0 Å². The molecule has 4 heteroatoms. The van der Waals surface area contributed by atoms with E-state index in [-0.39, 0.29) is 0 Å². The molecule has 0 bridgehead atoms. The van der Waals surface area contributed by atoms with Gasteiger partial charge in [-0.3, -0.25) is 0 Å². The lowest BCUT2D eigenvalue weighted by molar-refractivity contribution is -0.432. The van der Waals surface area contributed by atoms with Crippen LogP contribution in [0.4, 0.5) is 0 Å². The van der Waals surface area contributed by atoms with E-state index in [0.717, 1.165) is 6.42 Å². The first kappa shape index (κ1) is 7.84. The van der Waals surface area contributed by atoms with Crippen LogP contribution in [0, 0.1) is 0 Å². The first-order valence-corrected chi connectivity index (χ1v) is 2.45. The third-order valence-electron chi connectivity index (χ3n) is 0.760. The normalized spacial score (nSPS) is 10.5. The summed E-state index contributed by atoms with van der Waals surface area (Å²) < 4.78 is 0. The van der Waals surface area contributed by atoms with E-state index in [2.05, 4.69) is 9.78 Å². The minimum atomic E-state index is -0.889. The molecule has 0 radical (unpaired) electrons. The summed E-state index contributed by atoms with van der Waals surface area (Å²) in [6.45, 7) is 1.88. The Balaban J connectivity index is 3.07. The summed E-state index contributed by atoms with van der Waals surface area (Å²) in [4.78, 5) is 7.34. The Labute approximate surface area is 47.5 Å². The van der Waals surface area contributed by atoms with E-state index in [1.165, 1.54) is 0 Å². The minimum absolute atomic E-state index is 0.479. The Morgan fingerprint density at radius 1 is 1.38 bits per heavy atom. The molecule has 0 atom stereocenters. The van der Waals surface area contributed by atoms with Gasteiger partial charge in [0.05, 0.1) is 0 Å². The molecular weight excluding hydrogens is 112 g/mol. The van der Waals surface area contributed by atoms with Crippen molar-refractivity contribution >= 4 is 0 Å². The molecule has 0 unspecified atom stereocenters. The summed E-state index contributed by atoms with van der Waals surface area (Å²) in [5.41, 5.74) is 0. The molecule has 0 saturated carbocycles. The second-order valence-corrected chi connectivity index (χ2v) is 1.43. The van der Waals surface area contributed by atoms with Crippen LogP contribution < -0.4 is 0 Å². The number of rotatable bonds is 4. The number of hydrogen-bond acceptors (Lipinski definition) is 4. The van der Waals surface area contributed by atoms with Crippen molar-refractivity contribution in [3.63, 3.8) is 0 Å². The molecule has 0 aromatic carbocycles. The van der Waals surface area contributed by atoms with Crippen molar-refractivity contribution in [2.75, 3.05) is 0 Å². The molecule has 0 aromatic rings. The molecule has 0 aliphatic rings. The van der Waals surface area contributed by atoms with Crippen molar-refractivity contribution in [2.45, 2.75) is 26.1 Å². The van der Waals surface area contributed by atoms with E-state index < -0.39 is 6.29 Å². The van der Waals surface area contributed by atoms with Crippen LogP contribution in [0.25, 0.3) is 0 Å². The van der Waals surface area contributed by atoms with Crippen LogP contribution in [-0.4, -0.2) is 16.8 Å². The molecule has 8 heavy (non-hydrogen) atoms. The Morgan fingerprint density at radius 3 is 2.00 bits per heavy atom. The van der Waals surface area contributed by atoms with Gasteiger partial charge in [0.25, 0.3) is 0 Å². The van der Waals surface area contributed by atoms with Gasteiger partial charge in [-0.25, -0.2) is 20.3 Å². The van der Waals surface area contributed by atoms with Crippen molar-refractivity contribution in [3.05, 3.63) is 0 Å². The predicted molar refractivity (Wildman–Crippen MR) is 26.1 cm³/mol. The topological polar surface area (TPSA) is 58.9 Å². The summed E-state index contributed by atoms with van der Waals surface area (Å²) in [5.74, 6) is 0. The van der Waals surface area contributed by atoms with E-state index in [0.29, 0.717) is 6.42 Å². The van der Waals surface area contributed by atoms with Gasteiger partial charge in [0.15, 0.2) is 0 Å². The lowest BCUT2D eigenvalue weighted by Gasteiger charge is -2.05. The van der Waals surface area contributed by atoms with Crippen LogP contribution in [0.1, 0.15) is 19.8 Å². The first-order chi connectivity index (χ1) is 3.85. The molecule has 0 saturated heterocycles. The molecule has 0 heterocycles. The highest BCUT2D eigenvalue weighted by atomic mass is 17.2. The van der Waals surface area contributed by atoms with Gasteiger partial charge in [-0.1, -0.05) is 13.3 Å². The fraction of sp³-hybridized carbons (Fsp3) is 1.00. The molecule has 0 aliphatic heterocycles. The van der Waals surface area contributed by atoms with Crippen molar-refractivity contribution in [1.82, 2.24) is 0 Å². The molecule has 0 aliphatic carbocycles. The van der Waals surface area contributed by atoms with Gasteiger partial charge in [0.2, 0.25) is 6.29 Å². The fourth-order valence-corrected chi connectivity index (χ4v) is 0.360. The highest BCUT2D eigenvalue weighted by Crippen LogP contribution is 1.98. The van der Waals surface area contributed by atoms with Gasteiger partial charge >= 0.3 is 0 Å². The summed E-state index contributed by atoms with van der Waals surface area (Å²) in [5, 5.41) is 15.7. The second kappa shape index (κ2) is 4.99. The van der Waals surface area contributed by atoms with Gasteiger partial charge in [-0.05, 0) is 0 Å². The predicted octanol–water partition coefficient (Wildman–Crippen LogP) is 1.09. The lowest BCUT2D eigenvalue weighted by atomic mass is 10.3. The van der Waals surface area contributed by atoms with Gasteiger partial charge in [0.1, 0.15) is 0 Å². The largest absolute Gasteiger partial charge is 0.249 e. The molecule has 0 rings (SSSR count). The van der Waals surface area contributed by atoms with Gasteiger partial charge in [-0.15, -0.1) is 0 Å². The quantitative estimate of drug-likeness (QED) is 0.333. The zero-order valence-corrected chi connectivity index (χ0v) is 4.70. The number of hydrogen-bond donors (Lipinski definition) is 2. The molecule has 2 N–H and O–H groups in total. The maximum atomic E-state index is 7.87. The van der Waals surface area contributed by atoms with Crippen LogP contribution in [0.2, 0.25) is 0 Å². The minimum Gasteiger partial charge on any atom is -0.249 e. The first-order valence-electron chi connectivity index (χ1n) is 2.45. The average molecular weight is 122 g/mol. The Hall–Kier alpha value is -0.160. The smallest absolute Gasteiger partial charge is 0.223 e. The molecule has 0 spiro atoms. The Morgan fingerprint density at radius 2 is 1.88 bits per heavy atom. The molecule has 4 nitrogen and oxygen atoms in total. The van der Waals surface area contributed by atoms with Crippen LogP contribution in [0.5, 0.6) is 0 Å². The van der Waals surface area contributed by atoms with Gasteiger partial charge in [-0.2, -0.15) is 0 Å². The van der Waals surface area contributed by atoms with E-state index >= 15 is 0 Å². The van der Waals surface area contributed by atoms with E-state index in [9.17, 15) is 0 Å². The summed E-state index contributed by atoms with van der Waals surface area (Å²) in [6, 6.07) is 0. The van der Waals surface area contributed by atoms with Crippen molar-refractivity contribution in [2.24, 2.45) is 0 Å². The molecule has 0 fully saturated rings. The Kier molecular flexibility index (Phi) is 4.89. The Bertz CT molecular complexity index is 43.3. The third kappa shape index (κ3) is 2.92. The lowest BCUT2D eigenvalue weighted by Crippen LogP contribution is -2.12. The standard InChI is InChI=1S/C4H10O4/c1-2-3-4(7-5)8-6/h4-6H,2-3H2,1H3. The zero-order chi connectivity index (χ0) is 6.41. The van der Waals surface area contributed by atoms with Crippen LogP contribution in [0.3, 0.4) is 0 Å². The summed E-state index contributed by atoms with van der Waals surface area (Å²) in [6.07, 6.45) is 0.374. The van der Waals surface area contributed by atoms with Crippen molar-refractivity contribution in [3.8, 4) is 0 Å². The van der Waals surface area contributed by atoms with E-state index in [1.807, 2.05) is 6.92 Å². The van der Waals surface area contributed by atoms with Crippen molar-refractivity contribution in [1.29, 1.82) is 0 Å². The average Bonchev–Trinajstić information content (AvgIpc) is 1.83. The molecular formula is C4H10O4. The maximum Gasteiger partial charge on any atom is 0.223 e. The summed E-state index contributed by atoms with van der Waals surface area (Å²) in [7, 11) is 0. The SMILES string of the molecule is CCCC(OO)OO.